The number of fused-ring (bicyclic) bond motifs is 1. The number of rotatable bonds is 18. The standard InChI is InChI=1S/C38H59NO7S/c1-8-9-11-14-30(41)34(43)26(19-25-15-16-25)20-31(42)33-32-29(37(32,5)6)23-39(33)35(44)28(36(2,3)4)21-27(40)22-38(24-47(7,45)46)17-12-10-13-18-38/h8,25-26,28-29,32-33H,1,9-24H2,2-7H3/t26?,28-,29?,32+,33-/m1/s1. The van der Waals surface area contributed by atoms with Crippen molar-refractivity contribution in [3.05, 3.63) is 12.7 Å². The molecule has 0 spiro atoms. The van der Waals surface area contributed by atoms with Crippen molar-refractivity contribution in [2.75, 3.05) is 18.6 Å². The summed E-state index contributed by atoms with van der Waals surface area (Å²) in [7, 11) is -3.29. The Morgan fingerprint density at radius 2 is 1.64 bits per heavy atom. The van der Waals surface area contributed by atoms with E-state index < -0.39 is 50.1 Å². The molecule has 264 valence electrons. The van der Waals surface area contributed by atoms with E-state index in [9.17, 15) is 32.4 Å². The molecule has 9 heteroatoms. The van der Waals surface area contributed by atoms with Crippen LogP contribution in [0.15, 0.2) is 12.7 Å². The molecule has 4 aliphatic rings. The number of carbonyl (C=O) groups is 5. The van der Waals surface area contributed by atoms with Crippen LogP contribution in [0.3, 0.4) is 0 Å². The lowest BCUT2D eigenvalue weighted by molar-refractivity contribution is -0.148. The van der Waals surface area contributed by atoms with E-state index in [4.69, 9.17) is 0 Å². The molecule has 1 heterocycles. The molecule has 3 saturated carbocycles. The van der Waals surface area contributed by atoms with E-state index in [1.807, 2.05) is 20.8 Å². The SMILES string of the molecule is C=CCCCC(=O)C(=O)C(CC(=O)[C@@H]1[C@@H]2C(CN1C(=O)[C@@H](CC(=O)CC1(CS(C)(=O)=O)CCCCC1)C(C)(C)C)C2(C)C)CC1CC1. The highest BCUT2D eigenvalue weighted by atomic mass is 32.2. The third-order valence-corrected chi connectivity index (χ3v) is 13.0. The van der Waals surface area contributed by atoms with Crippen LogP contribution in [-0.2, 0) is 33.8 Å². The third kappa shape index (κ3) is 9.30. The Kier molecular flexibility index (Phi) is 11.5. The maximum Gasteiger partial charge on any atom is 0.227 e. The van der Waals surface area contributed by atoms with Crippen LogP contribution in [0, 0.1) is 45.8 Å². The molecule has 0 N–H and O–H groups in total. The first kappa shape index (κ1) is 37.7. The van der Waals surface area contributed by atoms with E-state index in [1.54, 1.807) is 11.0 Å². The van der Waals surface area contributed by atoms with Crippen molar-refractivity contribution in [3.8, 4) is 0 Å². The van der Waals surface area contributed by atoms with Crippen LogP contribution in [-0.4, -0.2) is 67.0 Å². The molecule has 8 nitrogen and oxygen atoms in total. The minimum absolute atomic E-state index is 0.00594. The van der Waals surface area contributed by atoms with Crippen molar-refractivity contribution in [1.29, 1.82) is 0 Å². The smallest absolute Gasteiger partial charge is 0.227 e. The topological polar surface area (TPSA) is 123 Å². The summed E-state index contributed by atoms with van der Waals surface area (Å²) in [5, 5.41) is 0. The zero-order valence-electron chi connectivity index (χ0n) is 29.8. The molecule has 47 heavy (non-hydrogen) atoms. The Balaban J connectivity index is 1.53. The molecular weight excluding hydrogens is 614 g/mol. The molecule has 1 amide bonds. The fourth-order valence-corrected chi connectivity index (χ4v) is 10.5. The molecular formula is C38H59NO7S. The Labute approximate surface area is 283 Å². The first-order chi connectivity index (χ1) is 21.8. The van der Waals surface area contributed by atoms with Gasteiger partial charge in [-0.2, -0.15) is 0 Å². The average Bonchev–Trinajstić information content (AvgIpc) is 3.81. The number of carbonyl (C=O) groups excluding carboxylic acids is 5. The molecule has 4 rings (SSSR count). The molecule has 0 aromatic rings. The molecule has 0 aromatic heterocycles. The minimum Gasteiger partial charge on any atom is -0.332 e. The van der Waals surface area contributed by atoms with Crippen molar-refractivity contribution in [3.63, 3.8) is 0 Å². The van der Waals surface area contributed by atoms with E-state index in [1.165, 1.54) is 6.26 Å². The second-order valence-electron chi connectivity index (χ2n) is 17.4. The number of sulfone groups is 1. The highest BCUT2D eigenvalue weighted by Crippen LogP contribution is 2.65. The number of nitrogens with zero attached hydrogens (tertiary/aromatic N) is 1. The van der Waals surface area contributed by atoms with E-state index >= 15 is 0 Å². The van der Waals surface area contributed by atoms with Crippen LogP contribution >= 0.6 is 0 Å². The van der Waals surface area contributed by atoms with Crippen molar-refractivity contribution < 1.29 is 32.4 Å². The molecule has 2 unspecified atom stereocenters. The van der Waals surface area contributed by atoms with Crippen molar-refractivity contribution in [2.45, 2.75) is 131 Å². The molecule has 5 atom stereocenters. The Morgan fingerprint density at radius 3 is 2.19 bits per heavy atom. The fraction of sp³-hybridized carbons (Fsp3) is 0.816. The number of ketones is 4. The fourth-order valence-electron chi connectivity index (χ4n) is 8.96. The molecule has 3 aliphatic carbocycles. The van der Waals surface area contributed by atoms with Gasteiger partial charge < -0.3 is 4.90 Å². The summed E-state index contributed by atoms with van der Waals surface area (Å²) >= 11 is 0. The van der Waals surface area contributed by atoms with Crippen LogP contribution in [0.5, 0.6) is 0 Å². The summed E-state index contributed by atoms with van der Waals surface area (Å²) in [6, 6.07) is -0.678. The number of hydrogen-bond donors (Lipinski definition) is 0. The minimum atomic E-state index is -3.29. The molecule has 1 aliphatic heterocycles. The summed E-state index contributed by atoms with van der Waals surface area (Å²) in [5.74, 6) is -2.18. The quantitative estimate of drug-likeness (QED) is 0.0945. The monoisotopic (exact) mass is 673 g/mol. The zero-order chi connectivity index (χ0) is 34.9. The van der Waals surface area contributed by atoms with Crippen molar-refractivity contribution in [2.24, 2.45) is 45.8 Å². The van der Waals surface area contributed by atoms with Gasteiger partial charge in [0.1, 0.15) is 15.6 Å². The number of amides is 1. The number of Topliss-reactive ketones (excluding diaryl/α,β-unsaturated/α-hetero) is 4. The van der Waals surface area contributed by atoms with Crippen LogP contribution < -0.4 is 0 Å². The van der Waals surface area contributed by atoms with Gasteiger partial charge in [-0.1, -0.05) is 72.8 Å². The maximum absolute atomic E-state index is 14.5. The van der Waals surface area contributed by atoms with Gasteiger partial charge in [-0.15, -0.1) is 6.58 Å². The number of hydrogen-bond acceptors (Lipinski definition) is 7. The van der Waals surface area contributed by atoms with Gasteiger partial charge in [0.25, 0.3) is 0 Å². The van der Waals surface area contributed by atoms with Gasteiger partial charge in [-0.05, 0) is 66.1 Å². The highest BCUT2D eigenvalue weighted by molar-refractivity contribution is 7.90. The third-order valence-electron chi connectivity index (χ3n) is 11.9. The summed E-state index contributed by atoms with van der Waals surface area (Å²) < 4.78 is 24.7. The van der Waals surface area contributed by atoms with Crippen LogP contribution in [0.25, 0.3) is 0 Å². The van der Waals surface area contributed by atoms with Gasteiger partial charge in [-0.3, -0.25) is 24.0 Å². The van der Waals surface area contributed by atoms with Gasteiger partial charge in [0.05, 0.1) is 11.8 Å². The Bertz CT molecular complexity index is 1350. The van der Waals surface area contributed by atoms with Crippen molar-refractivity contribution >= 4 is 38.9 Å². The first-order valence-electron chi connectivity index (χ1n) is 18.0. The molecule has 0 bridgehead atoms. The van der Waals surface area contributed by atoms with Gasteiger partial charge in [-0.25, -0.2) is 8.42 Å². The van der Waals surface area contributed by atoms with Crippen LogP contribution in [0.2, 0.25) is 0 Å². The lowest BCUT2D eigenvalue weighted by Crippen LogP contribution is -2.51. The second-order valence-corrected chi connectivity index (χ2v) is 19.5. The number of allylic oxidation sites excluding steroid dienone is 1. The van der Waals surface area contributed by atoms with Crippen LogP contribution in [0.4, 0.5) is 0 Å². The first-order valence-corrected chi connectivity index (χ1v) is 20.1. The molecule has 4 fully saturated rings. The lowest BCUT2D eigenvalue weighted by Gasteiger charge is -2.39. The predicted molar refractivity (Wildman–Crippen MR) is 183 cm³/mol. The number of unbranched alkanes of at least 4 members (excludes halogenated alkanes) is 1. The average molecular weight is 674 g/mol. The van der Waals surface area contributed by atoms with Gasteiger partial charge in [0, 0.05) is 50.3 Å². The number of likely N-dealkylation sites (tertiary alicyclic amines) is 1. The van der Waals surface area contributed by atoms with Gasteiger partial charge >= 0.3 is 0 Å². The Morgan fingerprint density at radius 1 is 1.00 bits per heavy atom. The summed E-state index contributed by atoms with van der Waals surface area (Å²) in [6.45, 7) is 14.2. The zero-order valence-corrected chi connectivity index (χ0v) is 30.6. The van der Waals surface area contributed by atoms with Gasteiger partial charge in [0.15, 0.2) is 11.6 Å². The van der Waals surface area contributed by atoms with E-state index in [0.29, 0.717) is 44.6 Å². The van der Waals surface area contributed by atoms with E-state index in [0.717, 1.165) is 32.1 Å². The van der Waals surface area contributed by atoms with E-state index in [2.05, 4.69) is 20.4 Å². The predicted octanol–water partition coefficient (Wildman–Crippen LogP) is 6.35. The summed E-state index contributed by atoms with van der Waals surface area (Å²) in [4.78, 5) is 70.3. The second kappa shape index (κ2) is 14.4. The van der Waals surface area contributed by atoms with Crippen LogP contribution in [0.1, 0.15) is 125 Å². The maximum atomic E-state index is 14.5. The van der Waals surface area contributed by atoms with E-state index in [-0.39, 0.29) is 66.2 Å². The molecule has 1 saturated heterocycles. The summed E-state index contributed by atoms with van der Waals surface area (Å²) in [6.07, 6.45) is 11.2. The normalized spacial score (nSPS) is 26.2. The van der Waals surface area contributed by atoms with Gasteiger partial charge in [0.2, 0.25) is 11.7 Å². The lowest BCUT2D eigenvalue weighted by atomic mass is 9.70. The highest BCUT2D eigenvalue weighted by Gasteiger charge is 2.69. The van der Waals surface area contributed by atoms with Crippen molar-refractivity contribution in [1.82, 2.24) is 4.90 Å². The largest absolute Gasteiger partial charge is 0.332 e. The molecule has 0 aromatic carbocycles. The molecule has 0 radical (unpaired) electrons. The summed E-state index contributed by atoms with van der Waals surface area (Å²) in [5.41, 5.74) is -1.26. The number of piperidine rings is 1. The Hall–Kier alpha value is -2.16.